The van der Waals surface area contributed by atoms with Gasteiger partial charge in [-0.25, -0.2) is 0 Å². The zero-order valence-electron chi connectivity index (χ0n) is 9.59. The molecular formula is C14H19Br. The zero-order chi connectivity index (χ0) is 10.8. The number of alkyl halides is 1. The Balaban J connectivity index is 2.28. The van der Waals surface area contributed by atoms with Crippen LogP contribution < -0.4 is 0 Å². The minimum Gasteiger partial charge on any atom is -0.0921 e. The van der Waals surface area contributed by atoms with Gasteiger partial charge in [-0.3, -0.25) is 0 Å². The fourth-order valence-corrected chi connectivity index (χ4v) is 3.60. The number of hydrogen-bond donors (Lipinski definition) is 0. The highest BCUT2D eigenvalue weighted by Crippen LogP contribution is 2.30. The molecule has 1 heteroatoms. The van der Waals surface area contributed by atoms with E-state index in [-0.39, 0.29) is 0 Å². The Hall–Kier alpha value is -0.300. The van der Waals surface area contributed by atoms with Crippen LogP contribution in [0.4, 0.5) is 0 Å². The van der Waals surface area contributed by atoms with Crippen molar-refractivity contribution in [2.75, 3.05) is 5.33 Å². The average molecular weight is 267 g/mol. The summed E-state index contributed by atoms with van der Waals surface area (Å²) in [4.78, 5) is 0. The van der Waals surface area contributed by atoms with Gasteiger partial charge in [-0.2, -0.15) is 0 Å². The summed E-state index contributed by atoms with van der Waals surface area (Å²) in [6.07, 6.45) is 3.92. The first kappa shape index (κ1) is 11.2. The van der Waals surface area contributed by atoms with E-state index in [1.54, 1.807) is 11.1 Å². The monoisotopic (exact) mass is 266 g/mol. The van der Waals surface area contributed by atoms with Gasteiger partial charge >= 0.3 is 0 Å². The van der Waals surface area contributed by atoms with Crippen molar-refractivity contribution in [3.8, 4) is 0 Å². The van der Waals surface area contributed by atoms with Crippen molar-refractivity contribution in [3.05, 3.63) is 34.9 Å². The van der Waals surface area contributed by atoms with Gasteiger partial charge in [0.2, 0.25) is 0 Å². The standard InChI is InChI=1S/C14H19Br/c1-10(2)14(9-15)13-7-6-11-4-3-5-12(11)8-13/h6-8,10,14H,3-5,9H2,1-2H3. The van der Waals surface area contributed by atoms with Crippen LogP contribution in [0.2, 0.25) is 0 Å². The number of aryl methyl sites for hydroxylation is 2. The Bertz CT molecular complexity index is 341. The third-order valence-electron chi connectivity index (χ3n) is 3.52. The largest absolute Gasteiger partial charge is 0.0921 e. The molecule has 1 unspecified atom stereocenters. The molecule has 1 aliphatic carbocycles. The third-order valence-corrected chi connectivity index (χ3v) is 4.22. The molecule has 0 heterocycles. The summed E-state index contributed by atoms with van der Waals surface area (Å²) in [5.41, 5.74) is 4.69. The van der Waals surface area contributed by atoms with Gasteiger partial charge in [0.15, 0.2) is 0 Å². The predicted octanol–water partition coefficient (Wildman–Crippen LogP) is 4.31. The molecule has 0 amide bonds. The van der Waals surface area contributed by atoms with Crippen LogP contribution >= 0.6 is 15.9 Å². The maximum Gasteiger partial charge on any atom is 0.0103 e. The van der Waals surface area contributed by atoms with E-state index in [9.17, 15) is 0 Å². The maximum absolute atomic E-state index is 3.63. The molecule has 0 aromatic heterocycles. The molecule has 0 spiro atoms. The Morgan fingerprint density at radius 2 is 1.93 bits per heavy atom. The van der Waals surface area contributed by atoms with Crippen molar-refractivity contribution in [1.82, 2.24) is 0 Å². The molecule has 0 bridgehead atoms. The molecule has 2 rings (SSSR count). The summed E-state index contributed by atoms with van der Waals surface area (Å²) >= 11 is 3.63. The Labute approximate surface area is 101 Å². The molecule has 0 radical (unpaired) electrons. The predicted molar refractivity (Wildman–Crippen MR) is 69.8 cm³/mol. The zero-order valence-corrected chi connectivity index (χ0v) is 11.2. The number of rotatable bonds is 3. The first-order valence-corrected chi connectivity index (χ1v) is 7.02. The molecule has 0 N–H and O–H groups in total. The van der Waals surface area contributed by atoms with Crippen molar-refractivity contribution in [2.45, 2.75) is 39.0 Å². The molecule has 0 aliphatic heterocycles. The minimum atomic E-state index is 0.663. The highest BCUT2D eigenvalue weighted by atomic mass is 79.9. The number of benzene rings is 1. The second-order valence-electron chi connectivity index (χ2n) is 4.89. The third kappa shape index (κ3) is 2.28. The Morgan fingerprint density at radius 1 is 1.20 bits per heavy atom. The van der Waals surface area contributed by atoms with Crippen molar-refractivity contribution in [2.24, 2.45) is 5.92 Å². The molecule has 1 aliphatic rings. The van der Waals surface area contributed by atoms with E-state index in [1.165, 1.54) is 24.8 Å². The van der Waals surface area contributed by atoms with Gasteiger partial charge in [0.05, 0.1) is 0 Å². The molecule has 1 aromatic carbocycles. The van der Waals surface area contributed by atoms with Gasteiger partial charge in [-0.05, 0) is 47.8 Å². The number of fused-ring (bicyclic) bond motifs is 1. The van der Waals surface area contributed by atoms with Crippen molar-refractivity contribution in [1.29, 1.82) is 0 Å². The molecular weight excluding hydrogens is 248 g/mol. The smallest absolute Gasteiger partial charge is 0.0103 e. The van der Waals surface area contributed by atoms with Crippen molar-refractivity contribution < 1.29 is 0 Å². The quantitative estimate of drug-likeness (QED) is 0.716. The molecule has 0 saturated carbocycles. The fraction of sp³-hybridized carbons (Fsp3) is 0.571. The molecule has 1 atom stereocenters. The van der Waals surface area contributed by atoms with E-state index in [1.807, 2.05) is 0 Å². The number of halogens is 1. The Morgan fingerprint density at radius 3 is 2.60 bits per heavy atom. The van der Waals surface area contributed by atoms with Crippen molar-refractivity contribution in [3.63, 3.8) is 0 Å². The van der Waals surface area contributed by atoms with Gasteiger partial charge in [-0.15, -0.1) is 0 Å². The summed E-state index contributed by atoms with van der Waals surface area (Å²) in [5, 5.41) is 1.07. The lowest BCUT2D eigenvalue weighted by atomic mass is 9.89. The summed E-state index contributed by atoms with van der Waals surface area (Å²) in [7, 11) is 0. The van der Waals surface area contributed by atoms with Crippen LogP contribution in [0.3, 0.4) is 0 Å². The molecule has 1 aromatic rings. The normalized spacial score (nSPS) is 16.8. The second kappa shape index (κ2) is 4.69. The van der Waals surface area contributed by atoms with E-state index in [4.69, 9.17) is 0 Å². The highest BCUT2D eigenvalue weighted by Gasteiger charge is 2.17. The lowest BCUT2D eigenvalue weighted by Gasteiger charge is -2.19. The van der Waals surface area contributed by atoms with Crippen LogP contribution in [-0.2, 0) is 12.8 Å². The van der Waals surface area contributed by atoms with Crippen molar-refractivity contribution >= 4 is 15.9 Å². The van der Waals surface area contributed by atoms with E-state index >= 15 is 0 Å². The van der Waals surface area contributed by atoms with Crippen LogP contribution in [0.15, 0.2) is 18.2 Å². The average Bonchev–Trinajstić information content (AvgIpc) is 2.65. The lowest BCUT2D eigenvalue weighted by molar-refractivity contribution is 0.544. The maximum atomic E-state index is 3.63. The fourth-order valence-electron chi connectivity index (χ4n) is 2.47. The summed E-state index contributed by atoms with van der Waals surface area (Å²) in [5.74, 6) is 1.37. The van der Waals surface area contributed by atoms with Crippen LogP contribution in [0.5, 0.6) is 0 Å². The molecule has 0 fully saturated rings. The van der Waals surface area contributed by atoms with Crippen LogP contribution in [-0.4, -0.2) is 5.33 Å². The van der Waals surface area contributed by atoms with Gasteiger partial charge < -0.3 is 0 Å². The first-order chi connectivity index (χ1) is 7.22. The van der Waals surface area contributed by atoms with Crippen LogP contribution in [0, 0.1) is 5.92 Å². The summed E-state index contributed by atoms with van der Waals surface area (Å²) in [6.45, 7) is 4.61. The summed E-state index contributed by atoms with van der Waals surface area (Å²) < 4.78 is 0. The van der Waals surface area contributed by atoms with E-state index in [2.05, 4.69) is 48.0 Å². The number of hydrogen-bond acceptors (Lipinski definition) is 0. The van der Waals surface area contributed by atoms with Gasteiger partial charge in [0.1, 0.15) is 0 Å². The Kier molecular flexibility index (Phi) is 3.50. The van der Waals surface area contributed by atoms with Gasteiger partial charge in [0.25, 0.3) is 0 Å². The topological polar surface area (TPSA) is 0 Å². The molecule has 0 saturated heterocycles. The van der Waals surface area contributed by atoms with E-state index < -0.39 is 0 Å². The summed E-state index contributed by atoms with van der Waals surface area (Å²) in [6, 6.07) is 7.11. The van der Waals surface area contributed by atoms with Crippen LogP contribution in [0.25, 0.3) is 0 Å². The van der Waals surface area contributed by atoms with Crippen LogP contribution in [0.1, 0.15) is 42.9 Å². The minimum absolute atomic E-state index is 0.663. The van der Waals surface area contributed by atoms with Gasteiger partial charge in [0, 0.05) is 5.33 Å². The first-order valence-electron chi connectivity index (χ1n) is 5.90. The molecule has 82 valence electrons. The lowest BCUT2D eigenvalue weighted by Crippen LogP contribution is -2.08. The molecule has 0 nitrogen and oxygen atoms in total. The highest BCUT2D eigenvalue weighted by molar-refractivity contribution is 9.09. The molecule has 15 heavy (non-hydrogen) atoms. The SMILES string of the molecule is CC(C)C(CBr)c1ccc2c(c1)CCC2. The van der Waals surface area contributed by atoms with E-state index in [0.717, 1.165) is 5.33 Å². The van der Waals surface area contributed by atoms with E-state index in [0.29, 0.717) is 11.8 Å². The van der Waals surface area contributed by atoms with Gasteiger partial charge in [-0.1, -0.05) is 48.0 Å². The second-order valence-corrected chi connectivity index (χ2v) is 5.53.